The standard InChI is InChI=1S/C13H17NO3/c1-9-4-5-11(8-10(9)2)6-7-14-12(15)13(16)17-3/h4-5,8H,6-7H2,1-3H3,(H,14,15). The average Bonchev–Trinajstić information content (AvgIpc) is 2.32. The van der Waals surface area contributed by atoms with Gasteiger partial charge >= 0.3 is 11.9 Å². The van der Waals surface area contributed by atoms with Gasteiger partial charge in [-0.3, -0.25) is 4.79 Å². The first kappa shape index (κ1) is 13.2. The first-order valence-corrected chi connectivity index (χ1v) is 5.47. The Morgan fingerprint density at radius 3 is 2.53 bits per heavy atom. The highest BCUT2D eigenvalue weighted by molar-refractivity contribution is 6.32. The van der Waals surface area contributed by atoms with E-state index in [1.54, 1.807) is 0 Å². The SMILES string of the molecule is COC(=O)C(=O)NCCc1ccc(C)c(C)c1. The molecule has 4 nitrogen and oxygen atoms in total. The van der Waals surface area contributed by atoms with E-state index in [-0.39, 0.29) is 0 Å². The molecule has 0 heterocycles. The van der Waals surface area contributed by atoms with Gasteiger partial charge in [-0.25, -0.2) is 4.79 Å². The predicted molar refractivity (Wildman–Crippen MR) is 64.6 cm³/mol. The van der Waals surface area contributed by atoms with Gasteiger partial charge < -0.3 is 10.1 Å². The van der Waals surface area contributed by atoms with Crippen molar-refractivity contribution in [3.8, 4) is 0 Å². The van der Waals surface area contributed by atoms with E-state index in [4.69, 9.17) is 0 Å². The summed E-state index contributed by atoms with van der Waals surface area (Å²) >= 11 is 0. The maximum atomic E-state index is 11.1. The summed E-state index contributed by atoms with van der Waals surface area (Å²) in [5, 5.41) is 2.50. The first-order valence-electron chi connectivity index (χ1n) is 5.47. The maximum absolute atomic E-state index is 11.1. The Balaban J connectivity index is 2.43. The van der Waals surface area contributed by atoms with E-state index in [0.29, 0.717) is 13.0 Å². The minimum Gasteiger partial charge on any atom is -0.462 e. The molecule has 0 aliphatic carbocycles. The van der Waals surface area contributed by atoms with Crippen molar-refractivity contribution in [2.75, 3.05) is 13.7 Å². The fourth-order valence-corrected chi connectivity index (χ4v) is 1.44. The number of aryl methyl sites for hydroxylation is 2. The van der Waals surface area contributed by atoms with Crippen LogP contribution in [0.15, 0.2) is 18.2 Å². The lowest BCUT2D eigenvalue weighted by Gasteiger charge is -2.06. The van der Waals surface area contributed by atoms with Crippen molar-refractivity contribution < 1.29 is 14.3 Å². The fraction of sp³-hybridized carbons (Fsp3) is 0.385. The van der Waals surface area contributed by atoms with Gasteiger partial charge in [0, 0.05) is 6.54 Å². The molecule has 0 saturated heterocycles. The van der Waals surface area contributed by atoms with Crippen LogP contribution in [-0.4, -0.2) is 25.5 Å². The van der Waals surface area contributed by atoms with Crippen LogP contribution in [0, 0.1) is 13.8 Å². The summed E-state index contributed by atoms with van der Waals surface area (Å²) in [6, 6.07) is 6.15. The zero-order valence-electron chi connectivity index (χ0n) is 10.4. The van der Waals surface area contributed by atoms with Crippen molar-refractivity contribution in [1.82, 2.24) is 5.32 Å². The lowest BCUT2D eigenvalue weighted by molar-refractivity contribution is -0.152. The largest absolute Gasteiger partial charge is 0.462 e. The van der Waals surface area contributed by atoms with Crippen LogP contribution in [0.25, 0.3) is 0 Å². The lowest BCUT2D eigenvalue weighted by atomic mass is 10.0. The molecule has 0 bridgehead atoms. The highest BCUT2D eigenvalue weighted by atomic mass is 16.5. The van der Waals surface area contributed by atoms with E-state index in [0.717, 1.165) is 5.56 Å². The van der Waals surface area contributed by atoms with E-state index in [1.807, 2.05) is 19.1 Å². The number of carbonyl (C=O) groups excluding carboxylic acids is 2. The summed E-state index contributed by atoms with van der Waals surface area (Å²) in [4.78, 5) is 21.9. The molecule has 0 saturated carbocycles. The highest BCUT2D eigenvalue weighted by Gasteiger charge is 2.11. The van der Waals surface area contributed by atoms with Gasteiger partial charge in [0.1, 0.15) is 0 Å². The molecule has 1 aromatic rings. The van der Waals surface area contributed by atoms with Crippen LogP contribution in [0.1, 0.15) is 16.7 Å². The second-order valence-corrected chi connectivity index (χ2v) is 3.92. The molecule has 0 aliphatic heterocycles. The summed E-state index contributed by atoms with van der Waals surface area (Å²) in [7, 11) is 1.19. The smallest absolute Gasteiger partial charge is 0.396 e. The second-order valence-electron chi connectivity index (χ2n) is 3.92. The van der Waals surface area contributed by atoms with Gasteiger partial charge in [-0.15, -0.1) is 0 Å². The van der Waals surface area contributed by atoms with Crippen molar-refractivity contribution >= 4 is 11.9 Å². The quantitative estimate of drug-likeness (QED) is 0.631. The van der Waals surface area contributed by atoms with Crippen molar-refractivity contribution in [2.24, 2.45) is 0 Å². The van der Waals surface area contributed by atoms with Gasteiger partial charge in [-0.05, 0) is 37.0 Å². The highest BCUT2D eigenvalue weighted by Crippen LogP contribution is 2.09. The van der Waals surface area contributed by atoms with E-state index in [1.165, 1.54) is 18.2 Å². The number of ether oxygens (including phenoxy) is 1. The molecular weight excluding hydrogens is 218 g/mol. The lowest BCUT2D eigenvalue weighted by Crippen LogP contribution is -2.33. The Morgan fingerprint density at radius 1 is 1.24 bits per heavy atom. The first-order chi connectivity index (χ1) is 8.04. The Labute approximate surface area is 101 Å². The average molecular weight is 235 g/mol. The third kappa shape index (κ3) is 3.90. The number of benzene rings is 1. The molecule has 0 radical (unpaired) electrons. The van der Waals surface area contributed by atoms with E-state index >= 15 is 0 Å². The maximum Gasteiger partial charge on any atom is 0.396 e. The molecule has 0 atom stereocenters. The summed E-state index contributed by atoms with van der Waals surface area (Å²) in [6.45, 7) is 4.53. The van der Waals surface area contributed by atoms with Gasteiger partial charge in [0.05, 0.1) is 7.11 Å². The van der Waals surface area contributed by atoms with Gasteiger partial charge in [0.15, 0.2) is 0 Å². The third-order valence-corrected chi connectivity index (χ3v) is 2.64. The van der Waals surface area contributed by atoms with Crippen molar-refractivity contribution in [3.63, 3.8) is 0 Å². The van der Waals surface area contributed by atoms with Crippen LogP contribution < -0.4 is 5.32 Å². The Morgan fingerprint density at radius 2 is 1.94 bits per heavy atom. The van der Waals surface area contributed by atoms with Crippen LogP contribution >= 0.6 is 0 Å². The van der Waals surface area contributed by atoms with Crippen molar-refractivity contribution in [1.29, 1.82) is 0 Å². The molecule has 1 amide bonds. The van der Waals surface area contributed by atoms with Crippen molar-refractivity contribution in [2.45, 2.75) is 20.3 Å². The van der Waals surface area contributed by atoms with Gasteiger partial charge in [0.25, 0.3) is 0 Å². The molecule has 0 unspecified atom stereocenters. The van der Waals surface area contributed by atoms with Crippen molar-refractivity contribution in [3.05, 3.63) is 34.9 Å². The van der Waals surface area contributed by atoms with Crippen LogP contribution in [0.5, 0.6) is 0 Å². The van der Waals surface area contributed by atoms with Gasteiger partial charge in [-0.2, -0.15) is 0 Å². The number of rotatable bonds is 3. The van der Waals surface area contributed by atoms with E-state index < -0.39 is 11.9 Å². The number of carbonyl (C=O) groups is 2. The molecule has 0 aromatic heterocycles. The zero-order valence-corrected chi connectivity index (χ0v) is 10.4. The molecular formula is C13H17NO3. The fourth-order valence-electron chi connectivity index (χ4n) is 1.44. The number of nitrogens with one attached hydrogen (secondary N) is 1. The summed E-state index contributed by atoms with van der Waals surface area (Å²) in [5.41, 5.74) is 3.60. The number of hydrogen-bond donors (Lipinski definition) is 1. The molecule has 0 fully saturated rings. The predicted octanol–water partition coefficient (Wildman–Crippen LogP) is 1.14. The Hall–Kier alpha value is -1.84. The third-order valence-electron chi connectivity index (χ3n) is 2.64. The van der Waals surface area contributed by atoms with Crippen LogP contribution in [0.4, 0.5) is 0 Å². The molecule has 4 heteroatoms. The molecule has 1 N–H and O–H groups in total. The number of esters is 1. The Bertz CT molecular complexity index is 427. The Kier molecular flexibility index (Phi) is 4.69. The number of hydrogen-bond acceptors (Lipinski definition) is 3. The van der Waals surface area contributed by atoms with Gasteiger partial charge in [-0.1, -0.05) is 18.2 Å². The van der Waals surface area contributed by atoms with Crippen LogP contribution in [-0.2, 0) is 20.7 Å². The topological polar surface area (TPSA) is 55.4 Å². The zero-order chi connectivity index (χ0) is 12.8. The van der Waals surface area contributed by atoms with E-state index in [2.05, 4.69) is 23.0 Å². The molecule has 0 aliphatic rings. The minimum atomic E-state index is -0.856. The van der Waals surface area contributed by atoms with Gasteiger partial charge in [0.2, 0.25) is 0 Å². The molecule has 17 heavy (non-hydrogen) atoms. The molecule has 92 valence electrons. The van der Waals surface area contributed by atoms with Crippen LogP contribution in [0.3, 0.4) is 0 Å². The summed E-state index contributed by atoms with van der Waals surface area (Å²) in [5.74, 6) is -1.55. The summed E-state index contributed by atoms with van der Waals surface area (Å²) < 4.78 is 4.30. The number of methoxy groups -OCH3 is 1. The van der Waals surface area contributed by atoms with Crippen LogP contribution in [0.2, 0.25) is 0 Å². The minimum absolute atomic E-state index is 0.427. The molecule has 1 aromatic carbocycles. The summed E-state index contributed by atoms with van der Waals surface area (Å²) in [6.07, 6.45) is 0.698. The molecule has 0 spiro atoms. The monoisotopic (exact) mass is 235 g/mol. The number of amides is 1. The van der Waals surface area contributed by atoms with E-state index in [9.17, 15) is 9.59 Å². The molecule has 1 rings (SSSR count). The second kappa shape index (κ2) is 6.03. The normalized spacial score (nSPS) is 9.82.